The minimum Gasteiger partial charge on any atom is -0.465 e. The predicted molar refractivity (Wildman–Crippen MR) is 122 cm³/mol. The average molecular weight is 421 g/mol. The molecule has 1 saturated carbocycles. The molecule has 0 aliphatic heterocycles. The SMILES string of the molecule is COC(=O)c1ccc2c(c1)c(CCC1CCCCC1)c(-c1ccsc1)n2CCC#N. The van der Waals surface area contributed by atoms with Crippen molar-refractivity contribution in [3.05, 3.63) is 46.2 Å². The third-order valence-electron chi connectivity index (χ3n) is 6.36. The van der Waals surface area contributed by atoms with Crippen molar-refractivity contribution in [3.63, 3.8) is 0 Å². The van der Waals surface area contributed by atoms with Gasteiger partial charge in [-0.2, -0.15) is 16.6 Å². The number of aromatic nitrogens is 1. The number of ether oxygens (including phenoxy) is 1. The van der Waals surface area contributed by atoms with Crippen LogP contribution < -0.4 is 0 Å². The van der Waals surface area contributed by atoms with Gasteiger partial charge in [0, 0.05) is 28.4 Å². The van der Waals surface area contributed by atoms with Gasteiger partial charge in [-0.3, -0.25) is 0 Å². The highest BCUT2D eigenvalue weighted by atomic mass is 32.1. The number of carbonyl (C=O) groups excluding carboxylic acids is 1. The number of nitrogens with zero attached hydrogens (tertiary/aromatic N) is 2. The highest BCUT2D eigenvalue weighted by Gasteiger charge is 2.22. The molecule has 1 aliphatic rings. The Balaban J connectivity index is 1.83. The molecule has 0 atom stereocenters. The Morgan fingerprint density at radius 3 is 2.80 bits per heavy atom. The first-order valence-corrected chi connectivity index (χ1v) is 11.8. The Kier molecular flexibility index (Phi) is 6.54. The first kappa shape index (κ1) is 20.7. The lowest BCUT2D eigenvalue weighted by atomic mass is 9.84. The van der Waals surface area contributed by atoms with Gasteiger partial charge in [-0.1, -0.05) is 32.1 Å². The van der Waals surface area contributed by atoms with E-state index in [1.165, 1.54) is 62.5 Å². The summed E-state index contributed by atoms with van der Waals surface area (Å²) in [6.07, 6.45) is 9.35. The van der Waals surface area contributed by atoms with Crippen molar-refractivity contribution in [2.75, 3.05) is 7.11 Å². The molecule has 2 heterocycles. The molecule has 4 rings (SSSR count). The Hall–Kier alpha value is -2.58. The van der Waals surface area contributed by atoms with Crippen LogP contribution in [0.25, 0.3) is 22.2 Å². The van der Waals surface area contributed by atoms with E-state index < -0.39 is 0 Å². The molecular formula is C25H28N2O2S. The molecule has 30 heavy (non-hydrogen) atoms. The summed E-state index contributed by atoms with van der Waals surface area (Å²) in [4.78, 5) is 12.2. The number of esters is 1. The van der Waals surface area contributed by atoms with Crippen molar-refractivity contribution in [2.45, 2.75) is 57.9 Å². The summed E-state index contributed by atoms with van der Waals surface area (Å²) in [6, 6.07) is 10.3. The number of carbonyl (C=O) groups is 1. The van der Waals surface area contributed by atoms with E-state index in [1.807, 2.05) is 18.2 Å². The molecule has 3 aromatic rings. The summed E-state index contributed by atoms with van der Waals surface area (Å²) in [5.41, 5.74) is 5.39. The van der Waals surface area contributed by atoms with Crippen LogP contribution in [0, 0.1) is 17.2 Å². The van der Waals surface area contributed by atoms with Crippen LogP contribution in [0.1, 0.15) is 60.9 Å². The lowest BCUT2D eigenvalue weighted by Crippen LogP contribution is -2.08. The summed E-state index contributed by atoms with van der Waals surface area (Å²) in [7, 11) is 1.42. The summed E-state index contributed by atoms with van der Waals surface area (Å²) in [5, 5.41) is 14.6. The molecule has 1 fully saturated rings. The summed E-state index contributed by atoms with van der Waals surface area (Å²) in [6.45, 7) is 0.652. The van der Waals surface area contributed by atoms with Gasteiger partial charge in [0.2, 0.25) is 0 Å². The quantitative estimate of drug-likeness (QED) is 0.406. The Morgan fingerprint density at radius 2 is 2.10 bits per heavy atom. The van der Waals surface area contributed by atoms with Crippen molar-refractivity contribution in [3.8, 4) is 17.3 Å². The number of rotatable bonds is 7. The van der Waals surface area contributed by atoms with Gasteiger partial charge in [0.15, 0.2) is 0 Å². The Labute approximate surface area is 182 Å². The summed E-state index contributed by atoms with van der Waals surface area (Å²) < 4.78 is 7.24. The zero-order valence-electron chi connectivity index (χ0n) is 17.5. The summed E-state index contributed by atoms with van der Waals surface area (Å²) in [5.74, 6) is 0.479. The van der Waals surface area contributed by atoms with Crippen LogP contribution in [0.4, 0.5) is 0 Å². The number of hydrogen-bond donors (Lipinski definition) is 0. The van der Waals surface area contributed by atoms with Crippen LogP contribution >= 0.6 is 11.3 Å². The van der Waals surface area contributed by atoms with Crippen LogP contribution in [0.5, 0.6) is 0 Å². The molecule has 0 radical (unpaired) electrons. The number of nitriles is 1. The molecule has 1 aliphatic carbocycles. The van der Waals surface area contributed by atoms with E-state index in [-0.39, 0.29) is 5.97 Å². The normalized spacial score (nSPS) is 14.7. The maximum Gasteiger partial charge on any atom is 0.337 e. The number of thiophene rings is 1. The minimum atomic E-state index is -0.308. The second-order valence-electron chi connectivity index (χ2n) is 8.17. The number of aryl methyl sites for hydroxylation is 2. The van der Waals surface area contributed by atoms with E-state index in [0.29, 0.717) is 18.5 Å². The fourth-order valence-electron chi connectivity index (χ4n) is 4.87. The van der Waals surface area contributed by atoms with Crippen molar-refractivity contribution in [1.82, 2.24) is 4.57 Å². The third-order valence-corrected chi connectivity index (χ3v) is 7.04. The molecule has 1 aromatic carbocycles. The van der Waals surface area contributed by atoms with E-state index >= 15 is 0 Å². The number of fused-ring (bicyclic) bond motifs is 1. The smallest absolute Gasteiger partial charge is 0.337 e. The van der Waals surface area contributed by atoms with E-state index in [2.05, 4.69) is 27.5 Å². The van der Waals surface area contributed by atoms with Crippen LogP contribution in [0.2, 0.25) is 0 Å². The molecule has 5 heteroatoms. The molecule has 4 nitrogen and oxygen atoms in total. The summed E-state index contributed by atoms with van der Waals surface area (Å²) >= 11 is 1.69. The van der Waals surface area contributed by atoms with E-state index in [9.17, 15) is 10.1 Å². The molecule has 0 spiro atoms. The topological polar surface area (TPSA) is 55.0 Å². The molecule has 0 N–H and O–H groups in total. The minimum absolute atomic E-state index is 0.308. The lowest BCUT2D eigenvalue weighted by Gasteiger charge is -2.21. The first-order valence-electron chi connectivity index (χ1n) is 10.9. The van der Waals surface area contributed by atoms with Crippen LogP contribution in [0.3, 0.4) is 0 Å². The van der Waals surface area contributed by atoms with Crippen molar-refractivity contribution < 1.29 is 9.53 Å². The first-order chi connectivity index (χ1) is 14.7. The molecule has 0 bridgehead atoms. The predicted octanol–water partition coefficient (Wildman–Crippen LogP) is 6.58. The average Bonchev–Trinajstić information content (AvgIpc) is 3.42. The number of methoxy groups -OCH3 is 1. The second-order valence-corrected chi connectivity index (χ2v) is 8.95. The van der Waals surface area contributed by atoms with Gasteiger partial charge in [0.1, 0.15) is 0 Å². The maximum atomic E-state index is 12.2. The van der Waals surface area contributed by atoms with Gasteiger partial charge in [-0.25, -0.2) is 4.79 Å². The van der Waals surface area contributed by atoms with E-state index in [1.54, 1.807) is 11.3 Å². The van der Waals surface area contributed by atoms with E-state index in [4.69, 9.17) is 4.74 Å². The molecule has 156 valence electrons. The molecule has 0 saturated heterocycles. The molecular weight excluding hydrogens is 392 g/mol. The standard InChI is InChI=1S/C25H28N2O2S/c1-29-25(28)19-9-11-23-22(16-19)21(10-8-18-6-3-2-4-7-18)24(20-12-15-30-17-20)27(23)14-5-13-26/h9,11-12,15-18H,2-8,10,14H2,1H3. The molecule has 0 unspecified atom stereocenters. The molecule has 0 amide bonds. The lowest BCUT2D eigenvalue weighted by molar-refractivity contribution is 0.0601. The zero-order chi connectivity index (χ0) is 20.9. The highest BCUT2D eigenvalue weighted by Crippen LogP contribution is 2.38. The van der Waals surface area contributed by atoms with Gasteiger partial charge in [0.25, 0.3) is 0 Å². The number of benzene rings is 1. The van der Waals surface area contributed by atoms with Crippen LogP contribution in [-0.2, 0) is 17.7 Å². The fourth-order valence-corrected chi connectivity index (χ4v) is 5.51. The third kappa shape index (κ3) is 4.15. The van der Waals surface area contributed by atoms with Gasteiger partial charge < -0.3 is 9.30 Å². The van der Waals surface area contributed by atoms with Crippen molar-refractivity contribution >= 4 is 28.2 Å². The monoisotopic (exact) mass is 420 g/mol. The van der Waals surface area contributed by atoms with Crippen molar-refractivity contribution in [1.29, 1.82) is 5.26 Å². The zero-order valence-corrected chi connectivity index (χ0v) is 18.3. The van der Waals surface area contributed by atoms with Crippen LogP contribution in [-0.4, -0.2) is 17.6 Å². The fraction of sp³-hybridized carbons (Fsp3) is 0.440. The van der Waals surface area contributed by atoms with Gasteiger partial charge in [0.05, 0.1) is 30.9 Å². The number of hydrogen-bond acceptors (Lipinski definition) is 4. The van der Waals surface area contributed by atoms with Gasteiger partial charge in [-0.05, 0) is 54.0 Å². The highest BCUT2D eigenvalue weighted by molar-refractivity contribution is 7.08. The molecule has 2 aromatic heterocycles. The second kappa shape index (κ2) is 9.49. The largest absolute Gasteiger partial charge is 0.465 e. The maximum absolute atomic E-state index is 12.2. The van der Waals surface area contributed by atoms with Gasteiger partial charge in [-0.15, -0.1) is 0 Å². The van der Waals surface area contributed by atoms with Gasteiger partial charge >= 0.3 is 5.97 Å². The van der Waals surface area contributed by atoms with Crippen LogP contribution in [0.15, 0.2) is 35.0 Å². The van der Waals surface area contributed by atoms with Crippen molar-refractivity contribution in [2.24, 2.45) is 5.92 Å². The Morgan fingerprint density at radius 1 is 1.27 bits per heavy atom. The Bertz CT molecular complexity index is 1050. The van der Waals surface area contributed by atoms with E-state index in [0.717, 1.165) is 23.2 Å².